The predicted molar refractivity (Wildman–Crippen MR) is 84.3 cm³/mol. The number of anilines is 1. The van der Waals surface area contributed by atoms with Gasteiger partial charge in [0.15, 0.2) is 0 Å². The summed E-state index contributed by atoms with van der Waals surface area (Å²) in [5.74, 6) is 0.181. The number of amides is 2. The first-order valence-electron chi connectivity index (χ1n) is 7.44. The van der Waals surface area contributed by atoms with E-state index in [4.69, 9.17) is 11.6 Å². The Labute approximate surface area is 130 Å². The van der Waals surface area contributed by atoms with Gasteiger partial charge in [0, 0.05) is 36.1 Å². The van der Waals surface area contributed by atoms with E-state index in [1.807, 2.05) is 24.0 Å². The average molecular weight is 309 g/mol. The number of likely N-dealkylation sites (tertiary alicyclic amines) is 1. The van der Waals surface area contributed by atoms with Gasteiger partial charge in [-0.1, -0.05) is 24.6 Å². The fraction of sp³-hybridized carbons (Fsp3) is 0.500. The Hall–Kier alpha value is -1.55. The van der Waals surface area contributed by atoms with Crippen LogP contribution in [0.4, 0.5) is 5.69 Å². The number of nitrogens with zero attached hydrogens (tertiary/aromatic N) is 1. The second-order valence-corrected chi connectivity index (χ2v) is 5.84. The van der Waals surface area contributed by atoms with Crippen molar-refractivity contribution >= 4 is 29.1 Å². The van der Waals surface area contributed by atoms with E-state index in [0.29, 0.717) is 24.5 Å². The summed E-state index contributed by atoms with van der Waals surface area (Å²) in [4.78, 5) is 25.9. The molecule has 0 saturated carbocycles. The molecule has 0 atom stereocenters. The summed E-state index contributed by atoms with van der Waals surface area (Å²) in [5.41, 5.74) is 0.719. The molecule has 1 fully saturated rings. The van der Waals surface area contributed by atoms with E-state index in [0.717, 1.165) is 24.9 Å². The molecule has 1 saturated heterocycles. The zero-order chi connectivity index (χ0) is 15.2. The van der Waals surface area contributed by atoms with Gasteiger partial charge in [0.05, 0.1) is 0 Å². The summed E-state index contributed by atoms with van der Waals surface area (Å²) in [7, 11) is 0. The quantitative estimate of drug-likeness (QED) is 0.927. The Balaban J connectivity index is 1.84. The maximum absolute atomic E-state index is 12.2. The molecular formula is C16H21ClN2O2. The summed E-state index contributed by atoms with van der Waals surface area (Å²) in [6, 6.07) is 7.14. The van der Waals surface area contributed by atoms with E-state index in [1.54, 1.807) is 12.1 Å². The van der Waals surface area contributed by atoms with E-state index in [-0.39, 0.29) is 17.7 Å². The highest BCUT2D eigenvalue weighted by Crippen LogP contribution is 2.21. The number of hydrogen-bond donors (Lipinski definition) is 1. The zero-order valence-electron chi connectivity index (χ0n) is 12.3. The molecule has 0 bridgehead atoms. The highest BCUT2D eigenvalue weighted by atomic mass is 35.5. The number of nitrogens with one attached hydrogen (secondary N) is 1. The third-order valence-electron chi connectivity index (χ3n) is 3.77. The largest absolute Gasteiger partial charge is 0.343 e. The maximum atomic E-state index is 12.2. The first-order chi connectivity index (χ1) is 10.1. The Morgan fingerprint density at radius 1 is 1.33 bits per heavy atom. The van der Waals surface area contributed by atoms with Crippen LogP contribution < -0.4 is 5.32 Å². The molecule has 1 aromatic carbocycles. The molecule has 114 valence electrons. The number of hydrogen-bond acceptors (Lipinski definition) is 2. The van der Waals surface area contributed by atoms with Crippen LogP contribution in [-0.4, -0.2) is 29.8 Å². The third-order valence-corrected chi connectivity index (χ3v) is 4.01. The molecule has 0 aromatic heterocycles. The number of halogens is 1. The smallest absolute Gasteiger partial charge is 0.227 e. The van der Waals surface area contributed by atoms with Gasteiger partial charge in [0.1, 0.15) is 0 Å². The van der Waals surface area contributed by atoms with Gasteiger partial charge < -0.3 is 10.2 Å². The number of rotatable bonds is 4. The van der Waals surface area contributed by atoms with Crippen LogP contribution in [0.1, 0.15) is 32.6 Å². The minimum absolute atomic E-state index is 0.0138. The summed E-state index contributed by atoms with van der Waals surface area (Å²) < 4.78 is 0. The second-order valence-electron chi connectivity index (χ2n) is 5.40. The molecule has 0 unspecified atom stereocenters. The topological polar surface area (TPSA) is 49.4 Å². The van der Waals surface area contributed by atoms with Crippen LogP contribution in [0.3, 0.4) is 0 Å². The lowest BCUT2D eigenvalue weighted by Crippen LogP contribution is -2.41. The van der Waals surface area contributed by atoms with Crippen LogP contribution in [0.25, 0.3) is 0 Å². The molecule has 1 aromatic rings. The molecule has 4 nitrogen and oxygen atoms in total. The standard InChI is InChI=1S/C16H21ClN2O2/c1-2-4-15(20)19-9-7-12(8-10-19)16(21)18-14-6-3-5-13(17)11-14/h3,5-6,11-12H,2,4,7-10H2,1H3,(H,18,21). The lowest BCUT2D eigenvalue weighted by Gasteiger charge is -2.31. The van der Waals surface area contributed by atoms with Crippen molar-refractivity contribution in [2.45, 2.75) is 32.6 Å². The van der Waals surface area contributed by atoms with Gasteiger partial charge in [-0.05, 0) is 37.5 Å². The third kappa shape index (κ3) is 4.46. The van der Waals surface area contributed by atoms with E-state index >= 15 is 0 Å². The van der Waals surface area contributed by atoms with Crippen LogP contribution in [0.2, 0.25) is 5.02 Å². The van der Waals surface area contributed by atoms with Gasteiger partial charge in [-0.15, -0.1) is 0 Å². The summed E-state index contributed by atoms with van der Waals surface area (Å²) in [5, 5.41) is 3.50. The van der Waals surface area contributed by atoms with Gasteiger partial charge in [0.25, 0.3) is 0 Å². The van der Waals surface area contributed by atoms with E-state index in [1.165, 1.54) is 0 Å². The molecular weight excluding hydrogens is 288 g/mol. The molecule has 2 amide bonds. The molecule has 1 heterocycles. The van der Waals surface area contributed by atoms with Crippen molar-refractivity contribution < 1.29 is 9.59 Å². The number of carbonyl (C=O) groups excluding carboxylic acids is 2. The molecule has 0 radical (unpaired) electrons. The van der Waals surface area contributed by atoms with E-state index < -0.39 is 0 Å². The van der Waals surface area contributed by atoms with Gasteiger partial charge in [0.2, 0.25) is 11.8 Å². The highest BCUT2D eigenvalue weighted by Gasteiger charge is 2.26. The molecule has 1 N–H and O–H groups in total. The monoisotopic (exact) mass is 308 g/mol. The molecule has 21 heavy (non-hydrogen) atoms. The number of carbonyl (C=O) groups is 2. The molecule has 2 rings (SSSR count). The van der Waals surface area contributed by atoms with Crippen molar-refractivity contribution in [3.8, 4) is 0 Å². The Bertz CT molecular complexity index is 511. The fourth-order valence-electron chi connectivity index (χ4n) is 2.57. The van der Waals surface area contributed by atoms with Crippen molar-refractivity contribution in [3.63, 3.8) is 0 Å². The van der Waals surface area contributed by atoms with Crippen molar-refractivity contribution in [2.24, 2.45) is 5.92 Å². The van der Waals surface area contributed by atoms with Gasteiger partial charge in [-0.25, -0.2) is 0 Å². The van der Waals surface area contributed by atoms with Gasteiger partial charge >= 0.3 is 0 Å². The summed E-state index contributed by atoms with van der Waals surface area (Å²) in [6.07, 6.45) is 2.91. The number of benzene rings is 1. The van der Waals surface area contributed by atoms with Crippen molar-refractivity contribution in [1.82, 2.24) is 4.90 Å². The fourth-order valence-corrected chi connectivity index (χ4v) is 2.76. The molecule has 5 heteroatoms. The van der Waals surface area contributed by atoms with E-state index in [9.17, 15) is 9.59 Å². The normalized spacial score (nSPS) is 15.8. The SMILES string of the molecule is CCCC(=O)N1CCC(C(=O)Nc2cccc(Cl)c2)CC1. The van der Waals surface area contributed by atoms with Gasteiger partial charge in [-0.2, -0.15) is 0 Å². The Morgan fingerprint density at radius 3 is 2.67 bits per heavy atom. The second kappa shape index (κ2) is 7.46. The van der Waals surface area contributed by atoms with Crippen molar-refractivity contribution in [3.05, 3.63) is 29.3 Å². The van der Waals surface area contributed by atoms with Crippen LogP contribution in [0.5, 0.6) is 0 Å². The van der Waals surface area contributed by atoms with E-state index in [2.05, 4.69) is 5.32 Å². The first-order valence-corrected chi connectivity index (χ1v) is 7.82. The lowest BCUT2D eigenvalue weighted by molar-refractivity contribution is -0.134. The lowest BCUT2D eigenvalue weighted by atomic mass is 9.95. The zero-order valence-corrected chi connectivity index (χ0v) is 13.0. The molecule has 1 aliphatic rings. The predicted octanol–water partition coefficient (Wildman–Crippen LogP) is 3.32. The maximum Gasteiger partial charge on any atom is 0.227 e. The van der Waals surface area contributed by atoms with Crippen LogP contribution in [-0.2, 0) is 9.59 Å². The van der Waals surface area contributed by atoms with Crippen molar-refractivity contribution in [2.75, 3.05) is 18.4 Å². The van der Waals surface area contributed by atoms with Crippen molar-refractivity contribution in [1.29, 1.82) is 0 Å². The van der Waals surface area contributed by atoms with Crippen LogP contribution in [0.15, 0.2) is 24.3 Å². The first kappa shape index (κ1) is 15.8. The molecule has 0 aliphatic carbocycles. The summed E-state index contributed by atoms with van der Waals surface area (Å²) >= 11 is 5.90. The average Bonchev–Trinajstić information content (AvgIpc) is 2.47. The highest BCUT2D eigenvalue weighted by molar-refractivity contribution is 6.30. The molecule has 1 aliphatic heterocycles. The van der Waals surface area contributed by atoms with Gasteiger partial charge in [-0.3, -0.25) is 9.59 Å². The minimum atomic E-state index is -0.0327. The van der Waals surface area contributed by atoms with Crippen LogP contribution >= 0.6 is 11.6 Å². The van der Waals surface area contributed by atoms with Crippen LogP contribution in [0, 0.1) is 5.92 Å². The molecule has 0 spiro atoms. The summed E-state index contributed by atoms with van der Waals surface area (Å²) in [6.45, 7) is 3.35. The number of piperidine rings is 1. The Morgan fingerprint density at radius 2 is 2.05 bits per heavy atom. The Kier molecular flexibility index (Phi) is 5.62. The minimum Gasteiger partial charge on any atom is -0.343 e.